The maximum Gasteiger partial charge on any atom is 0.341 e. The molecule has 1 aromatic heterocycles. The number of hydrogen-bond donors (Lipinski definition) is 2. The summed E-state index contributed by atoms with van der Waals surface area (Å²) in [6.07, 6.45) is 3.00. The third-order valence-corrected chi connectivity index (χ3v) is 6.58. The van der Waals surface area contributed by atoms with Gasteiger partial charge in [0, 0.05) is 43.5 Å². The second-order valence-electron chi connectivity index (χ2n) is 8.69. The molecule has 1 saturated carbocycles. The molecule has 1 aliphatic heterocycles. The molecule has 2 aromatic rings. The molecule has 0 radical (unpaired) electrons. The van der Waals surface area contributed by atoms with Crippen LogP contribution in [-0.2, 0) is 0 Å². The van der Waals surface area contributed by atoms with Gasteiger partial charge < -0.3 is 19.9 Å². The molecule has 0 spiro atoms. The zero-order chi connectivity index (χ0) is 22.3. The number of nitriles is 1. The van der Waals surface area contributed by atoms with Crippen LogP contribution in [0.5, 0.6) is 0 Å². The number of aromatic carboxylic acids is 1. The van der Waals surface area contributed by atoms with Crippen LogP contribution in [0.4, 0.5) is 10.1 Å². The quantitative estimate of drug-likeness (QED) is 0.660. The van der Waals surface area contributed by atoms with Crippen LogP contribution in [0.2, 0.25) is 0 Å². The Hall–Kier alpha value is -2.92. The summed E-state index contributed by atoms with van der Waals surface area (Å²) in [5, 5.41) is 22.0. The van der Waals surface area contributed by atoms with Crippen molar-refractivity contribution in [3.05, 3.63) is 39.4 Å². The molecule has 2 N–H and O–H groups in total. The number of carbonyl (C=O) groups is 1. The van der Waals surface area contributed by atoms with Crippen molar-refractivity contribution < 1.29 is 14.3 Å². The van der Waals surface area contributed by atoms with E-state index >= 15 is 4.39 Å². The Morgan fingerprint density at radius 2 is 2.13 bits per heavy atom. The van der Waals surface area contributed by atoms with Crippen molar-refractivity contribution in [2.75, 3.05) is 24.5 Å². The Morgan fingerprint density at radius 3 is 2.77 bits per heavy atom. The number of benzene rings is 1. The summed E-state index contributed by atoms with van der Waals surface area (Å²) < 4.78 is 16.8. The molecular formula is C23H27FN4O3. The lowest BCUT2D eigenvalue weighted by Gasteiger charge is -2.26. The number of halogens is 1. The number of carboxylic acids is 1. The number of aryl methyl sites for hydroxylation is 1. The zero-order valence-electron chi connectivity index (χ0n) is 17.8. The van der Waals surface area contributed by atoms with E-state index in [-0.39, 0.29) is 17.6 Å². The maximum absolute atomic E-state index is 15.3. The molecule has 1 saturated heterocycles. The molecule has 2 fully saturated rings. The summed E-state index contributed by atoms with van der Waals surface area (Å²) >= 11 is 0. The van der Waals surface area contributed by atoms with Gasteiger partial charge in [0.2, 0.25) is 0 Å². The summed E-state index contributed by atoms with van der Waals surface area (Å²) in [7, 11) is 0. The minimum Gasteiger partial charge on any atom is -0.477 e. The van der Waals surface area contributed by atoms with Crippen molar-refractivity contribution in [1.29, 1.82) is 5.26 Å². The van der Waals surface area contributed by atoms with E-state index in [1.165, 1.54) is 12.1 Å². The average molecular weight is 426 g/mol. The lowest BCUT2D eigenvalue weighted by molar-refractivity contribution is 0.0694. The van der Waals surface area contributed by atoms with E-state index in [9.17, 15) is 14.7 Å². The molecule has 1 aliphatic carbocycles. The molecule has 164 valence electrons. The molecule has 0 bridgehead atoms. The normalized spacial score (nSPS) is 19.5. The molecule has 1 aromatic carbocycles. The van der Waals surface area contributed by atoms with Crippen LogP contribution in [0.3, 0.4) is 0 Å². The fourth-order valence-corrected chi connectivity index (χ4v) is 4.80. The van der Waals surface area contributed by atoms with E-state index in [0.29, 0.717) is 54.1 Å². The molecule has 2 heterocycles. The van der Waals surface area contributed by atoms with Crippen LogP contribution in [0, 0.1) is 30.0 Å². The van der Waals surface area contributed by atoms with Crippen LogP contribution >= 0.6 is 0 Å². The number of nitrogens with zero attached hydrogens (tertiary/aromatic N) is 3. The number of pyridine rings is 1. The van der Waals surface area contributed by atoms with Crippen molar-refractivity contribution in [2.45, 2.75) is 51.6 Å². The molecule has 0 amide bonds. The van der Waals surface area contributed by atoms with Gasteiger partial charge in [0.15, 0.2) is 0 Å². The van der Waals surface area contributed by atoms with Gasteiger partial charge in [0.25, 0.3) is 5.56 Å². The highest BCUT2D eigenvalue weighted by Gasteiger charge is 2.33. The van der Waals surface area contributed by atoms with Crippen LogP contribution in [0.25, 0.3) is 10.9 Å². The lowest BCUT2D eigenvalue weighted by atomic mass is 10.0. The molecule has 31 heavy (non-hydrogen) atoms. The van der Waals surface area contributed by atoms with Crippen molar-refractivity contribution in [3.8, 4) is 6.07 Å². The number of nitrogens with one attached hydrogen (secondary N) is 1. The summed E-state index contributed by atoms with van der Waals surface area (Å²) in [6.45, 7) is 5.94. The Balaban J connectivity index is 1.72. The highest BCUT2D eigenvalue weighted by atomic mass is 19.1. The number of aromatic nitrogens is 1. The van der Waals surface area contributed by atoms with E-state index in [4.69, 9.17) is 5.26 Å². The predicted octanol–water partition coefficient (Wildman–Crippen LogP) is 3.20. The topological polar surface area (TPSA) is 98.4 Å². The van der Waals surface area contributed by atoms with E-state index in [1.54, 1.807) is 4.57 Å². The molecule has 2 atom stereocenters. The summed E-state index contributed by atoms with van der Waals surface area (Å²) in [5.74, 6) is -1.36. The Morgan fingerprint density at radius 1 is 1.39 bits per heavy atom. The van der Waals surface area contributed by atoms with Gasteiger partial charge in [-0.3, -0.25) is 4.79 Å². The largest absolute Gasteiger partial charge is 0.477 e. The molecule has 4 rings (SSSR count). The van der Waals surface area contributed by atoms with Crippen molar-refractivity contribution in [1.82, 2.24) is 9.88 Å². The monoisotopic (exact) mass is 426 g/mol. The molecule has 0 unspecified atom stereocenters. The number of carboxylic acid groups (broad SMARTS) is 1. The molecular weight excluding hydrogens is 399 g/mol. The summed E-state index contributed by atoms with van der Waals surface area (Å²) in [4.78, 5) is 26.5. The zero-order valence-corrected chi connectivity index (χ0v) is 17.8. The third kappa shape index (κ3) is 3.90. The van der Waals surface area contributed by atoms with Crippen LogP contribution in [0.1, 0.15) is 54.6 Å². The van der Waals surface area contributed by atoms with Gasteiger partial charge in [0.05, 0.1) is 17.3 Å². The fourth-order valence-electron chi connectivity index (χ4n) is 4.80. The van der Waals surface area contributed by atoms with Crippen molar-refractivity contribution in [3.63, 3.8) is 0 Å². The standard InChI is InChI=1S/C23H27FN4O3/c1-13-20-16(10-18(23(30)31)22(29)28(20)17-4-5-17)11-19(24)21(13)27-9-6-15(12-27)14(2)26-8-3-7-25/h10-11,14-15,17,26H,3-6,8-9,12H2,1-2H3,(H,30,31)/t14-,15+/m0/s1. The second-order valence-corrected chi connectivity index (χ2v) is 8.69. The minimum absolute atomic E-state index is 0.0259. The minimum atomic E-state index is -1.29. The number of rotatable bonds is 7. The molecule has 7 nitrogen and oxygen atoms in total. The van der Waals surface area contributed by atoms with E-state index < -0.39 is 17.3 Å². The van der Waals surface area contributed by atoms with E-state index in [0.717, 1.165) is 19.3 Å². The average Bonchev–Trinajstić information content (AvgIpc) is 3.44. The van der Waals surface area contributed by atoms with E-state index in [2.05, 4.69) is 18.3 Å². The first-order valence-corrected chi connectivity index (χ1v) is 10.8. The predicted molar refractivity (Wildman–Crippen MR) is 116 cm³/mol. The Labute approximate surface area is 180 Å². The highest BCUT2D eigenvalue weighted by Crippen LogP contribution is 2.40. The van der Waals surface area contributed by atoms with E-state index in [1.807, 2.05) is 11.8 Å². The summed E-state index contributed by atoms with van der Waals surface area (Å²) in [6, 6.07) is 4.98. The second kappa shape index (κ2) is 8.31. The van der Waals surface area contributed by atoms with Crippen molar-refractivity contribution in [2.24, 2.45) is 5.92 Å². The molecule has 8 heteroatoms. The van der Waals surface area contributed by atoms with Gasteiger partial charge in [-0.05, 0) is 56.7 Å². The van der Waals surface area contributed by atoms with Gasteiger partial charge in [-0.15, -0.1) is 0 Å². The highest BCUT2D eigenvalue weighted by molar-refractivity contribution is 5.95. The van der Waals surface area contributed by atoms with Gasteiger partial charge >= 0.3 is 5.97 Å². The van der Waals surface area contributed by atoms with Crippen LogP contribution in [-0.4, -0.2) is 41.3 Å². The maximum atomic E-state index is 15.3. The first kappa shape index (κ1) is 21.3. The lowest BCUT2D eigenvalue weighted by Crippen LogP contribution is -2.36. The first-order chi connectivity index (χ1) is 14.8. The Bertz CT molecular complexity index is 1130. The van der Waals surface area contributed by atoms with Gasteiger partial charge in [0.1, 0.15) is 11.4 Å². The van der Waals surface area contributed by atoms with Crippen LogP contribution < -0.4 is 15.8 Å². The fraction of sp³-hybridized carbons (Fsp3) is 0.522. The Kier molecular flexibility index (Phi) is 5.71. The van der Waals surface area contributed by atoms with Crippen molar-refractivity contribution >= 4 is 22.6 Å². The number of hydrogen-bond acceptors (Lipinski definition) is 5. The first-order valence-electron chi connectivity index (χ1n) is 10.8. The van der Waals surface area contributed by atoms with Crippen LogP contribution in [0.15, 0.2) is 16.9 Å². The van der Waals surface area contributed by atoms with Gasteiger partial charge in [-0.1, -0.05) is 0 Å². The summed E-state index contributed by atoms with van der Waals surface area (Å²) in [5.41, 5.74) is 0.984. The molecule has 2 aliphatic rings. The number of anilines is 1. The third-order valence-electron chi connectivity index (χ3n) is 6.58. The van der Waals surface area contributed by atoms with Gasteiger partial charge in [-0.2, -0.15) is 5.26 Å². The number of fused-ring (bicyclic) bond motifs is 1. The van der Waals surface area contributed by atoms with Gasteiger partial charge in [-0.25, -0.2) is 9.18 Å². The smallest absolute Gasteiger partial charge is 0.341 e. The SMILES string of the molecule is Cc1c(N2CC[C@@H]([C@H](C)NCCC#N)C2)c(F)cc2cc(C(=O)O)c(=O)n(C3CC3)c12.